The lowest BCUT2D eigenvalue weighted by atomic mass is 9.95. The summed E-state index contributed by atoms with van der Waals surface area (Å²) in [5.74, 6) is -0.360. The molecule has 0 radical (unpaired) electrons. The molecule has 3 N–H and O–H groups in total. The van der Waals surface area contributed by atoms with E-state index < -0.39 is 5.72 Å². The molecule has 0 saturated carbocycles. The van der Waals surface area contributed by atoms with Crippen LogP contribution in [0, 0.1) is 0 Å². The highest BCUT2D eigenvalue weighted by Crippen LogP contribution is 2.35. The quantitative estimate of drug-likeness (QED) is 0.688. The lowest BCUT2D eigenvalue weighted by Crippen LogP contribution is -2.40. The molecule has 0 fully saturated rings. The van der Waals surface area contributed by atoms with Crippen LogP contribution >= 0.6 is 0 Å². The molecule has 0 spiro atoms. The topological polar surface area (TPSA) is 82.5 Å². The van der Waals surface area contributed by atoms with Crippen LogP contribution < -0.4 is 5.32 Å². The highest BCUT2D eigenvalue weighted by Gasteiger charge is 2.42. The maximum Gasteiger partial charge on any atom is 0.256 e. The number of amides is 1. The summed E-state index contributed by atoms with van der Waals surface area (Å²) in [6.07, 6.45) is 2.91. The number of aromatic hydroxyl groups is 1. The third-order valence-corrected chi connectivity index (χ3v) is 3.01. The Balaban J connectivity index is 2.21. The maximum absolute atomic E-state index is 11.8. The van der Waals surface area contributed by atoms with Gasteiger partial charge in [0.25, 0.3) is 5.91 Å². The molecular formula is C13H10N2O3. The van der Waals surface area contributed by atoms with E-state index in [1.165, 1.54) is 24.5 Å². The van der Waals surface area contributed by atoms with Gasteiger partial charge in [0.05, 0.1) is 5.56 Å². The first-order valence-electron chi connectivity index (χ1n) is 5.40. The predicted octanol–water partition coefficient (Wildman–Crippen LogP) is 0.724. The standard InChI is InChI=1S/C13H10N2O3/c16-9-3-1-2-8(6-9)13(18)11-4-5-14-7-10(11)12(17)15-13/h1-7,16,18H,(H,15,17). The monoisotopic (exact) mass is 242 g/mol. The Morgan fingerprint density at radius 1 is 1.28 bits per heavy atom. The first-order valence-corrected chi connectivity index (χ1v) is 5.40. The van der Waals surface area contributed by atoms with Crippen LogP contribution in [-0.2, 0) is 5.72 Å². The van der Waals surface area contributed by atoms with Gasteiger partial charge in [-0.15, -0.1) is 0 Å². The van der Waals surface area contributed by atoms with Crippen molar-refractivity contribution in [1.82, 2.24) is 10.3 Å². The Labute approximate surface area is 103 Å². The number of pyridine rings is 1. The van der Waals surface area contributed by atoms with Crippen LogP contribution in [0.3, 0.4) is 0 Å². The molecule has 18 heavy (non-hydrogen) atoms. The third-order valence-electron chi connectivity index (χ3n) is 3.01. The molecule has 2 heterocycles. The SMILES string of the molecule is O=C1NC(O)(c2cccc(O)c2)c2ccncc21. The lowest BCUT2D eigenvalue weighted by molar-refractivity contribution is 0.0474. The molecule has 2 aromatic rings. The number of aliphatic hydroxyl groups is 1. The predicted molar refractivity (Wildman–Crippen MR) is 62.8 cm³/mol. The first kappa shape index (κ1) is 10.7. The van der Waals surface area contributed by atoms with Gasteiger partial charge in [-0.25, -0.2) is 0 Å². The minimum atomic E-state index is -1.62. The smallest absolute Gasteiger partial charge is 0.256 e. The number of aromatic nitrogens is 1. The molecule has 0 bridgehead atoms. The van der Waals surface area contributed by atoms with Crippen LogP contribution in [0.15, 0.2) is 42.7 Å². The zero-order chi connectivity index (χ0) is 12.8. The number of hydrogen-bond acceptors (Lipinski definition) is 4. The van der Waals surface area contributed by atoms with Crippen LogP contribution in [0.2, 0.25) is 0 Å². The fourth-order valence-electron chi connectivity index (χ4n) is 2.15. The molecule has 1 amide bonds. The van der Waals surface area contributed by atoms with Gasteiger partial charge in [-0.1, -0.05) is 12.1 Å². The van der Waals surface area contributed by atoms with Crippen molar-refractivity contribution in [2.24, 2.45) is 0 Å². The van der Waals surface area contributed by atoms with Crippen molar-refractivity contribution in [2.45, 2.75) is 5.72 Å². The fourth-order valence-corrected chi connectivity index (χ4v) is 2.15. The molecule has 1 aliphatic rings. The summed E-state index contributed by atoms with van der Waals surface area (Å²) in [6.45, 7) is 0. The molecule has 1 unspecified atom stereocenters. The molecule has 1 atom stereocenters. The molecule has 1 aliphatic heterocycles. The van der Waals surface area contributed by atoms with Gasteiger partial charge in [0.2, 0.25) is 0 Å². The molecule has 0 saturated heterocycles. The molecule has 0 aliphatic carbocycles. The number of hydrogen-bond donors (Lipinski definition) is 3. The molecule has 90 valence electrons. The number of carbonyl (C=O) groups excluding carboxylic acids is 1. The van der Waals surface area contributed by atoms with Gasteiger partial charge in [0.1, 0.15) is 5.75 Å². The molecule has 5 nitrogen and oxygen atoms in total. The number of fused-ring (bicyclic) bond motifs is 1. The number of nitrogens with zero attached hydrogens (tertiary/aromatic N) is 1. The average molecular weight is 242 g/mol. The number of phenols is 1. The molecule has 1 aromatic heterocycles. The zero-order valence-electron chi connectivity index (χ0n) is 9.29. The minimum absolute atomic E-state index is 0.0256. The number of phenolic OH excluding ortho intramolecular Hbond substituents is 1. The zero-order valence-corrected chi connectivity index (χ0v) is 9.29. The van der Waals surface area contributed by atoms with Gasteiger partial charge in [-0.05, 0) is 18.2 Å². The van der Waals surface area contributed by atoms with Crippen molar-refractivity contribution < 1.29 is 15.0 Å². The Bertz CT molecular complexity index is 642. The van der Waals surface area contributed by atoms with E-state index in [0.29, 0.717) is 16.7 Å². The molecular weight excluding hydrogens is 232 g/mol. The molecule has 3 rings (SSSR count). The van der Waals surface area contributed by atoms with E-state index in [1.807, 2.05) is 0 Å². The van der Waals surface area contributed by atoms with E-state index in [1.54, 1.807) is 18.2 Å². The Morgan fingerprint density at radius 3 is 2.89 bits per heavy atom. The summed E-state index contributed by atoms with van der Waals surface area (Å²) in [4.78, 5) is 15.6. The van der Waals surface area contributed by atoms with E-state index in [4.69, 9.17) is 0 Å². The van der Waals surface area contributed by atoms with Crippen LogP contribution in [0.25, 0.3) is 0 Å². The Kier molecular flexibility index (Phi) is 2.11. The number of benzene rings is 1. The van der Waals surface area contributed by atoms with Gasteiger partial charge < -0.3 is 15.5 Å². The van der Waals surface area contributed by atoms with E-state index in [2.05, 4.69) is 10.3 Å². The van der Waals surface area contributed by atoms with Gasteiger partial charge in [0.15, 0.2) is 5.72 Å². The van der Waals surface area contributed by atoms with Gasteiger partial charge >= 0.3 is 0 Å². The van der Waals surface area contributed by atoms with Crippen molar-refractivity contribution in [3.05, 3.63) is 59.4 Å². The second kappa shape index (κ2) is 3.54. The largest absolute Gasteiger partial charge is 0.508 e. The summed E-state index contributed by atoms with van der Waals surface area (Å²) in [5.41, 5.74) is -0.439. The third kappa shape index (κ3) is 1.38. The minimum Gasteiger partial charge on any atom is -0.508 e. The van der Waals surface area contributed by atoms with Crippen LogP contribution in [0.4, 0.5) is 0 Å². The van der Waals surface area contributed by atoms with E-state index in [0.717, 1.165) is 0 Å². The van der Waals surface area contributed by atoms with Crippen molar-refractivity contribution in [3.63, 3.8) is 0 Å². The first-order chi connectivity index (χ1) is 8.61. The van der Waals surface area contributed by atoms with Gasteiger partial charge in [0, 0.05) is 23.5 Å². The molecule has 5 heteroatoms. The summed E-state index contributed by atoms with van der Waals surface area (Å²) >= 11 is 0. The van der Waals surface area contributed by atoms with E-state index >= 15 is 0 Å². The summed E-state index contributed by atoms with van der Waals surface area (Å²) in [5, 5.41) is 22.6. The van der Waals surface area contributed by atoms with E-state index in [-0.39, 0.29) is 11.7 Å². The number of rotatable bonds is 1. The average Bonchev–Trinajstić information content (AvgIpc) is 2.64. The van der Waals surface area contributed by atoms with Crippen molar-refractivity contribution in [3.8, 4) is 5.75 Å². The second-order valence-corrected chi connectivity index (χ2v) is 4.14. The number of nitrogens with one attached hydrogen (secondary N) is 1. The number of carbonyl (C=O) groups is 1. The highest BCUT2D eigenvalue weighted by molar-refractivity contribution is 6.00. The van der Waals surface area contributed by atoms with Gasteiger partial charge in [-0.3, -0.25) is 9.78 Å². The fraction of sp³-hybridized carbons (Fsp3) is 0.0769. The summed E-state index contributed by atoms with van der Waals surface area (Å²) < 4.78 is 0. The summed E-state index contributed by atoms with van der Waals surface area (Å²) in [7, 11) is 0. The van der Waals surface area contributed by atoms with Crippen LogP contribution in [0.1, 0.15) is 21.5 Å². The highest BCUT2D eigenvalue weighted by atomic mass is 16.3. The Hall–Kier alpha value is -2.40. The van der Waals surface area contributed by atoms with Crippen LogP contribution in [0.5, 0.6) is 5.75 Å². The lowest BCUT2D eigenvalue weighted by Gasteiger charge is -2.24. The maximum atomic E-state index is 11.8. The van der Waals surface area contributed by atoms with Gasteiger partial charge in [-0.2, -0.15) is 0 Å². The Morgan fingerprint density at radius 2 is 2.11 bits per heavy atom. The van der Waals surface area contributed by atoms with Crippen molar-refractivity contribution in [1.29, 1.82) is 0 Å². The summed E-state index contributed by atoms with van der Waals surface area (Å²) in [6, 6.07) is 7.73. The van der Waals surface area contributed by atoms with Crippen LogP contribution in [-0.4, -0.2) is 21.1 Å². The normalized spacial score (nSPS) is 21.5. The molecule has 1 aromatic carbocycles. The van der Waals surface area contributed by atoms with E-state index in [9.17, 15) is 15.0 Å². The van der Waals surface area contributed by atoms with Crippen molar-refractivity contribution >= 4 is 5.91 Å². The second-order valence-electron chi connectivity index (χ2n) is 4.14. The van der Waals surface area contributed by atoms with Crippen molar-refractivity contribution in [2.75, 3.05) is 0 Å².